The zero-order valence-corrected chi connectivity index (χ0v) is 15.8. The molecule has 1 heterocycles. The number of nitrogens with one attached hydrogen (secondary N) is 1. The Labute approximate surface area is 159 Å². The zero-order valence-electron chi connectivity index (χ0n) is 14.2. The van der Waals surface area contributed by atoms with Crippen LogP contribution < -0.4 is 14.8 Å². The van der Waals surface area contributed by atoms with Crippen molar-refractivity contribution < 1.29 is 23.8 Å². The summed E-state index contributed by atoms with van der Waals surface area (Å²) in [6.45, 7) is 2.33. The summed E-state index contributed by atoms with van der Waals surface area (Å²) in [5.74, 6) is -0.0346. The Bertz CT molecular complexity index is 807. The first kappa shape index (κ1) is 19.8. The van der Waals surface area contributed by atoms with Crippen LogP contribution in [-0.4, -0.2) is 44.1 Å². The van der Waals surface area contributed by atoms with Crippen LogP contribution >= 0.6 is 23.4 Å². The fourth-order valence-corrected chi connectivity index (χ4v) is 2.80. The summed E-state index contributed by atoms with van der Waals surface area (Å²) in [7, 11) is 2.75. The third-order valence-corrected chi connectivity index (χ3v) is 4.26. The number of amides is 1. The number of esters is 1. The van der Waals surface area contributed by atoms with Crippen molar-refractivity contribution >= 4 is 46.6 Å². The lowest BCUT2D eigenvalue weighted by Crippen LogP contribution is -2.19. The molecule has 1 aromatic rings. The van der Waals surface area contributed by atoms with Gasteiger partial charge < -0.3 is 14.2 Å². The van der Waals surface area contributed by atoms with E-state index < -0.39 is 11.9 Å². The molecule has 0 radical (unpaired) electrons. The van der Waals surface area contributed by atoms with Gasteiger partial charge in [0.2, 0.25) is 0 Å². The van der Waals surface area contributed by atoms with E-state index in [1.807, 2.05) is 6.92 Å². The molecule has 1 saturated heterocycles. The smallest absolute Gasteiger partial charge is 0.331 e. The molecule has 0 saturated carbocycles. The summed E-state index contributed by atoms with van der Waals surface area (Å²) in [4.78, 5) is 23.1. The van der Waals surface area contributed by atoms with E-state index in [0.29, 0.717) is 28.7 Å². The van der Waals surface area contributed by atoms with Crippen molar-refractivity contribution in [2.75, 3.05) is 20.8 Å². The molecule has 10 heteroatoms. The second kappa shape index (κ2) is 9.25. The maximum Gasteiger partial charge on any atom is 0.331 e. The maximum atomic E-state index is 11.7. The number of hydrogen-bond donors (Lipinski definition) is 1. The van der Waals surface area contributed by atoms with Gasteiger partial charge in [-0.15, -0.1) is 5.10 Å². The number of hydrogen-bond acceptors (Lipinski definition) is 8. The molecule has 0 aliphatic carbocycles. The van der Waals surface area contributed by atoms with E-state index in [1.165, 1.54) is 20.4 Å². The van der Waals surface area contributed by atoms with E-state index in [9.17, 15) is 9.59 Å². The molecule has 0 aromatic heterocycles. The summed E-state index contributed by atoms with van der Waals surface area (Å²) < 4.78 is 15.2. The summed E-state index contributed by atoms with van der Waals surface area (Å²) in [6.07, 6.45) is 2.50. The number of carbonyl (C=O) groups is 2. The minimum Gasteiger partial charge on any atom is -0.493 e. The fourth-order valence-electron chi connectivity index (χ4n) is 1.86. The highest BCUT2D eigenvalue weighted by molar-refractivity contribution is 8.18. The minimum absolute atomic E-state index is 0.173. The molecule has 1 N–H and O–H groups in total. The minimum atomic E-state index is -0.624. The normalized spacial score (nSPS) is 17.0. The van der Waals surface area contributed by atoms with Gasteiger partial charge in [0.1, 0.15) is 0 Å². The molecule has 0 spiro atoms. The Hall–Kier alpha value is -2.52. The van der Waals surface area contributed by atoms with Gasteiger partial charge in [-0.05, 0) is 24.8 Å². The van der Waals surface area contributed by atoms with E-state index in [1.54, 1.807) is 12.1 Å². The number of rotatable bonds is 6. The molecule has 0 bridgehead atoms. The highest BCUT2D eigenvalue weighted by Crippen LogP contribution is 2.32. The number of nitrogens with zero attached hydrogens (tertiary/aromatic N) is 2. The topological polar surface area (TPSA) is 98.6 Å². The molecule has 1 aromatic carbocycles. The molecule has 8 nitrogen and oxygen atoms in total. The molecule has 138 valence electrons. The maximum absolute atomic E-state index is 11.7. The molecular formula is C16H16ClN3O5S. The molecule has 1 aliphatic rings. The van der Waals surface area contributed by atoms with Crippen LogP contribution in [0, 0.1) is 0 Å². The van der Waals surface area contributed by atoms with Gasteiger partial charge in [-0.2, -0.15) is 5.10 Å². The van der Waals surface area contributed by atoms with Crippen molar-refractivity contribution in [3.8, 4) is 11.5 Å². The lowest BCUT2D eigenvalue weighted by molar-refractivity contribution is -0.135. The standard InChI is InChI=1S/C16H16ClN3O5S/c1-4-25-12-6-10(17)9(5-11(12)23-2)8-18-20-16-19-15(22)13(26-16)7-14(21)24-3/h5-8H,4H2,1-3H3,(H,19,20,22)/b13-7+,18-8?. The number of amidine groups is 1. The van der Waals surface area contributed by atoms with Crippen LogP contribution in [0.3, 0.4) is 0 Å². The van der Waals surface area contributed by atoms with Gasteiger partial charge in [-0.1, -0.05) is 11.6 Å². The third-order valence-electron chi connectivity index (χ3n) is 3.03. The van der Waals surface area contributed by atoms with Crippen LogP contribution in [0.1, 0.15) is 12.5 Å². The summed E-state index contributed by atoms with van der Waals surface area (Å²) in [5, 5.41) is 10.9. The molecule has 0 atom stereocenters. The van der Waals surface area contributed by atoms with E-state index in [4.69, 9.17) is 21.1 Å². The van der Waals surface area contributed by atoms with Crippen molar-refractivity contribution in [1.29, 1.82) is 0 Å². The van der Waals surface area contributed by atoms with Crippen molar-refractivity contribution in [3.05, 3.63) is 33.7 Å². The molecule has 1 amide bonds. The number of thioether (sulfide) groups is 1. The second-order valence-corrected chi connectivity index (χ2v) is 6.13. The van der Waals surface area contributed by atoms with E-state index in [2.05, 4.69) is 20.3 Å². The Balaban J connectivity index is 2.15. The number of halogens is 1. The number of ether oxygens (including phenoxy) is 3. The molecule has 1 fully saturated rings. The molecule has 2 rings (SSSR count). The largest absolute Gasteiger partial charge is 0.493 e. The summed E-state index contributed by atoms with van der Waals surface area (Å²) >= 11 is 7.18. The SMILES string of the molecule is CCOc1cc(Cl)c(C=N/N=C2/NC(=O)/C(=C\C(=O)OC)S2)cc1OC. The van der Waals surface area contributed by atoms with E-state index >= 15 is 0 Å². The zero-order chi connectivity index (χ0) is 19.1. The van der Waals surface area contributed by atoms with E-state index in [0.717, 1.165) is 17.8 Å². The number of methoxy groups -OCH3 is 2. The number of benzene rings is 1. The lowest BCUT2D eigenvalue weighted by Gasteiger charge is -2.10. The van der Waals surface area contributed by atoms with Gasteiger partial charge in [0.05, 0.1) is 37.0 Å². The van der Waals surface area contributed by atoms with Crippen molar-refractivity contribution in [2.45, 2.75) is 6.92 Å². The predicted molar refractivity (Wildman–Crippen MR) is 100 cm³/mol. The Morgan fingerprint density at radius 2 is 2.12 bits per heavy atom. The van der Waals surface area contributed by atoms with Gasteiger partial charge in [0.15, 0.2) is 16.7 Å². The summed E-state index contributed by atoms with van der Waals surface area (Å²) in [5.41, 5.74) is 0.566. The van der Waals surface area contributed by atoms with Gasteiger partial charge in [0.25, 0.3) is 5.91 Å². The van der Waals surface area contributed by atoms with Gasteiger partial charge in [-0.3, -0.25) is 10.1 Å². The first-order chi connectivity index (χ1) is 12.5. The molecule has 1 aliphatic heterocycles. The average molecular weight is 398 g/mol. The fraction of sp³-hybridized carbons (Fsp3) is 0.250. The van der Waals surface area contributed by atoms with Crippen LogP contribution in [-0.2, 0) is 14.3 Å². The quantitative estimate of drug-likeness (QED) is 0.342. The van der Waals surface area contributed by atoms with Gasteiger partial charge in [-0.25, -0.2) is 4.79 Å². The van der Waals surface area contributed by atoms with Crippen LogP contribution in [0.15, 0.2) is 33.3 Å². The van der Waals surface area contributed by atoms with E-state index in [-0.39, 0.29) is 10.1 Å². The first-order valence-electron chi connectivity index (χ1n) is 7.38. The van der Waals surface area contributed by atoms with Crippen molar-refractivity contribution in [2.24, 2.45) is 10.2 Å². The van der Waals surface area contributed by atoms with Crippen molar-refractivity contribution in [3.63, 3.8) is 0 Å². The molecule has 26 heavy (non-hydrogen) atoms. The monoisotopic (exact) mass is 397 g/mol. The van der Waals surface area contributed by atoms with Crippen LogP contribution in [0.4, 0.5) is 0 Å². The predicted octanol–water partition coefficient (Wildman–Crippen LogP) is 2.36. The Morgan fingerprint density at radius 3 is 2.77 bits per heavy atom. The Morgan fingerprint density at radius 1 is 1.35 bits per heavy atom. The number of carbonyl (C=O) groups excluding carboxylic acids is 2. The lowest BCUT2D eigenvalue weighted by atomic mass is 10.2. The highest BCUT2D eigenvalue weighted by atomic mass is 35.5. The van der Waals surface area contributed by atoms with Crippen molar-refractivity contribution in [1.82, 2.24) is 5.32 Å². The van der Waals surface area contributed by atoms with Crippen LogP contribution in [0.2, 0.25) is 5.02 Å². The van der Waals surface area contributed by atoms with Crippen LogP contribution in [0.25, 0.3) is 0 Å². The van der Waals surface area contributed by atoms with Gasteiger partial charge in [0, 0.05) is 17.7 Å². The third kappa shape index (κ3) is 4.99. The molecular weight excluding hydrogens is 382 g/mol. The summed E-state index contributed by atoms with van der Waals surface area (Å²) in [6, 6.07) is 3.29. The highest BCUT2D eigenvalue weighted by Gasteiger charge is 2.25. The van der Waals surface area contributed by atoms with Gasteiger partial charge >= 0.3 is 5.97 Å². The second-order valence-electron chi connectivity index (χ2n) is 4.70. The van der Waals surface area contributed by atoms with Crippen LogP contribution in [0.5, 0.6) is 11.5 Å². The molecule has 0 unspecified atom stereocenters. The first-order valence-corrected chi connectivity index (χ1v) is 8.58. The Kier molecular flexibility index (Phi) is 7.05. The average Bonchev–Trinajstić information content (AvgIpc) is 2.96.